The van der Waals surface area contributed by atoms with Gasteiger partial charge in [0.05, 0.1) is 12.0 Å². The minimum Gasteiger partial charge on any atom is -0.481 e. The number of aromatic nitrogens is 1. The number of hydrogen-bond donors (Lipinski definition) is 2. The standard InChI is InChI=1S/C32H35FN2O3/c1-19(2)12-29(25-14-20(3)13-21(4)15-25)34-31(36)28-16-23(6-8-27(28)22(5)32(37)38)18-35-11-10-24-17-26(33)7-9-30(24)35/h6-11,13-17,19,22,29H,12,18H2,1-5H3,(H,34,36)(H,37,38)/t22?,29-/m1/s1. The van der Waals surface area contributed by atoms with E-state index in [-0.39, 0.29) is 17.8 Å². The van der Waals surface area contributed by atoms with Crippen LogP contribution >= 0.6 is 0 Å². The van der Waals surface area contributed by atoms with E-state index in [0.29, 0.717) is 23.6 Å². The molecule has 2 N–H and O–H groups in total. The molecule has 0 radical (unpaired) electrons. The number of carboxylic acids is 1. The van der Waals surface area contributed by atoms with Gasteiger partial charge in [-0.2, -0.15) is 0 Å². The highest BCUT2D eigenvalue weighted by Crippen LogP contribution is 2.27. The maximum Gasteiger partial charge on any atom is 0.310 e. The number of fused-ring (bicyclic) bond motifs is 1. The van der Waals surface area contributed by atoms with Crippen molar-refractivity contribution < 1.29 is 19.1 Å². The van der Waals surface area contributed by atoms with Crippen molar-refractivity contribution in [1.29, 1.82) is 0 Å². The first-order valence-corrected chi connectivity index (χ1v) is 13.0. The van der Waals surface area contributed by atoms with Crippen molar-refractivity contribution in [2.24, 2.45) is 5.92 Å². The summed E-state index contributed by atoms with van der Waals surface area (Å²) < 4.78 is 15.6. The third kappa shape index (κ3) is 6.13. The predicted molar refractivity (Wildman–Crippen MR) is 149 cm³/mol. The molecule has 4 rings (SSSR count). The number of aryl methyl sites for hydroxylation is 2. The maximum atomic E-state index is 13.8. The molecule has 0 aliphatic rings. The summed E-state index contributed by atoms with van der Waals surface area (Å²) in [6.07, 6.45) is 2.64. The summed E-state index contributed by atoms with van der Waals surface area (Å²) in [5, 5.41) is 13.7. The molecule has 3 aromatic carbocycles. The van der Waals surface area contributed by atoms with Gasteiger partial charge in [-0.1, -0.05) is 55.3 Å². The van der Waals surface area contributed by atoms with Crippen molar-refractivity contribution in [3.63, 3.8) is 0 Å². The molecular weight excluding hydrogens is 479 g/mol. The van der Waals surface area contributed by atoms with Gasteiger partial charge in [0, 0.05) is 29.2 Å². The van der Waals surface area contributed by atoms with Crippen LogP contribution in [-0.2, 0) is 11.3 Å². The van der Waals surface area contributed by atoms with Crippen LogP contribution in [0.25, 0.3) is 10.9 Å². The Balaban J connectivity index is 1.70. The topological polar surface area (TPSA) is 71.3 Å². The van der Waals surface area contributed by atoms with Gasteiger partial charge in [0.25, 0.3) is 5.91 Å². The number of amides is 1. The Morgan fingerprint density at radius 2 is 1.66 bits per heavy atom. The summed E-state index contributed by atoms with van der Waals surface area (Å²) in [6.45, 7) is 10.4. The Morgan fingerprint density at radius 1 is 0.947 bits per heavy atom. The average Bonchev–Trinajstić information content (AvgIpc) is 3.23. The number of hydrogen-bond acceptors (Lipinski definition) is 2. The fraction of sp³-hybridized carbons (Fsp3) is 0.312. The molecule has 4 aromatic rings. The fourth-order valence-electron chi connectivity index (χ4n) is 5.11. The predicted octanol–water partition coefficient (Wildman–Crippen LogP) is 7.15. The second kappa shape index (κ2) is 11.2. The number of nitrogens with zero attached hydrogens (tertiary/aromatic N) is 1. The molecule has 0 aliphatic heterocycles. The van der Waals surface area contributed by atoms with E-state index in [1.54, 1.807) is 25.1 Å². The summed E-state index contributed by atoms with van der Waals surface area (Å²) in [7, 11) is 0. The second-order valence-corrected chi connectivity index (χ2v) is 10.7. The summed E-state index contributed by atoms with van der Waals surface area (Å²) in [5.41, 5.74) is 5.87. The van der Waals surface area contributed by atoms with Crippen LogP contribution in [0.15, 0.2) is 66.9 Å². The first kappa shape index (κ1) is 27.1. The summed E-state index contributed by atoms with van der Waals surface area (Å²) >= 11 is 0. The van der Waals surface area contributed by atoms with Gasteiger partial charge in [-0.3, -0.25) is 9.59 Å². The second-order valence-electron chi connectivity index (χ2n) is 10.7. The molecule has 0 fully saturated rings. The van der Waals surface area contributed by atoms with Crippen molar-refractivity contribution in [3.05, 3.63) is 106 Å². The summed E-state index contributed by atoms with van der Waals surface area (Å²) in [6, 6.07) is 18.0. The molecule has 0 saturated heterocycles. The molecule has 5 nitrogen and oxygen atoms in total. The highest BCUT2D eigenvalue weighted by atomic mass is 19.1. The quantitative estimate of drug-likeness (QED) is 0.249. The Labute approximate surface area is 223 Å². The van der Waals surface area contributed by atoms with Crippen LogP contribution in [0.2, 0.25) is 0 Å². The van der Waals surface area contributed by atoms with Crippen molar-refractivity contribution in [2.45, 2.75) is 59.5 Å². The summed E-state index contributed by atoms with van der Waals surface area (Å²) in [5.74, 6) is -2.07. The molecule has 1 aromatic heterocycles. The molecule has 38 heavy (non-hydrogen) atoms. The number of carbonyl (C=O) groups excluding carboxylic acids is 1. The minimum absolute atomic E-state index is 0.207. The summed E-state index contributed by atoms with van der Waals surface area (Å²) in [4.78, 5) is 25.7. The van der Waals surface area contributed by atoms with E-state index in [9.17, 15) is 19.1 Å². The first-order chi connectivity index (χ1) is 18.0. The average molecular weight is 515 g/mol. The monoisotopic (exact) mass is 514 g/mol. The van der Waals surface area contributed by atoms with Crippen LogP contribution in [-0.4, -0.2) is 21.6 Å². The number of rotatable bonds is 9. The van der Waals surface area contributed by atoms with Gasteiger partial charge in [0.2, 0.25) is 0 Å². The van der Waals surface area contributed by atoms with Gasteiger partial charge in [0.15, 0.2) is 0 Å². The highest BCUT2D eigenvalue weighted by Gasteiger charge is 2.24. The molecule has 0 spiro atoms. The lowest BCUT2D eigenvalue weighted by Crippen LogP contribution is -2.31. The fourth-order valence-corrected chi connectivity index (χ4v) is 5.11. The molecule has 6 heteroatoms. The van der Waals surface area contributed by atoms with E-state index < -0.39 is 11.9 Å². The normalized spacial score (nSPS) is 13.0. The van der Waals surface area contributed by atoms with Gasteiger partial charge in [0.1, 0.15) is 5.82 Å². The van der Waals surface area contributed by atoms with Crippen LogP contribution < -0.4 is 5.32 Å². The largest absolute Gasteiger partial charge is 0.481 e. The van der Waals surface area contributed by atoms with Crippen molar-refractivity contribution in [2.75, 3.05) is 0 Å². The van der Waals surface area contributed by atoms with E-state index in [1.807, 2.05) is 36.7 Å². The third-order valence-electron chi connectivity index (χ3n) is 6.94. The highest BCUT2D eigenvalue weighted by molar-refractivity contribution is 5.97. The number of benzene rings is 3. The van der Waals surface area contributed by atoms with E-state index in [0.717, 1.165) is 39.6 Å². The van der Waals surface area contributed by atoms with Gasteiger partial charge >= 0.3 is 5.97 Å². The first-order valence-electron chi connectivity index (χ1n) is 13.0. The minimum atomic E-state index is -0.988. The molecular formula is C32H35FN2O3. The molecule has 1 amide bonds. The number of halogens is 1. The van der Waals surface area contributed by atoms with E-state index in [1.165, 1.54) is 12.1 Å². The number of carbonyl (C=O) groups is 2. The SMILES string of the molecule is Cc1cc(C)cc([C@@H](CC(C)C)NC(=O)c2cc(Cn3ccc4cc(F)ccc43)ccc2C(C)C(=O)O)c1. The molecule has 198 valence electrons. The molecule has 2 atom stereocenters. The zero-order chi connectivity index (χ0) is 27.6. The van der Waals surface area contributed by atoms with E-state index in [4.69, 9.17) is 0 Å². The van der Waals surface area contributed by atoms with Crippen LogP contribution in [0.5, 0.6) is 0 Å². The van der Waals surface area contributed by atoms with Gasteiger partial charge in [-0.05, 0) is 80.1 Å². The molecule has 0 bridgehead atoms. The maximum absolute atomic E-state index is 13.8. The molecule has 0 saturated carbocycles. The zero-order valence-corrected chi connectivity index (χ0v) is 22.6. The Morgan fingerprint density at radius 3 is 2.32 bits per heavy atom. The van der Waals surface area contributed by atoms with Gasteiger partial charge < -0.3 is 15.0 Å². The van der Waals surface area contributed by atoms with Crippen molar-refractivity contribution in [3.8, 4) is 0 Å². The van der Waals surface area contributed by atoms with Crippen LogP contribution in [0, 0.1) is 25.6 Å². The molecule has 0 aliphatic carbocycles. The third-order valence-corrected chi connectivity index (χ3v) is 6.94. The number of carboxylic acid groups (broad SMARTS) is 1. The zero-order valence-electron chi connectivity index (χ0n) is 22.6. The van der Waals surface area contributed by atoms with Crippen molar-refractivity contribution in [1.82, 2.24) is 9.88 Å². The van der Waals surface area contributed by atoms with Crippen LogP contribution in [0.4, 0.5) is 4.39 Å². The lowest BCUT2D eigenvalue weighted by atomic mass is 9.91. The number of aliphatic carboxylic acids is 1. The Hall–Kier alpha value is -3.93. The number of nitrogens with one attached hydrogen (secondary N) is 1. The van der Waals surface area contributed by atoms with Gasteiger partial charge in [-0.25, -0.2) is 4.39 Å². The Kier molecular flexibility index (Phi) is 8.00. The lowest BCUT2D eigenvalue weighted by Gasteiger charge is -2.24. The smallest absolute Gasteiger partial charge is 0.310 e. The lowest BCUT2D eigenvalue weighted by molar-refractivity contribution is -0.138. The van der Waals surface area contributed by atoms with Crippen LogP contribution in [0.1, 0.15) is 77.3 Å². The van der Waals surface area contributed by atoms with Gasteiger partial charge in [-0.15, -0.1) is 0 Å². The van der Waals surface area contributed by atoms with Crippen LogP contribution in [0.3, 0.4) is 0 Å². The van der Waals surface area contributed by atoms with Crippen molar-refractivity contribution >= 4 is 22.8 Å². The molecule has 1 unspecified atom stereocenters. The molecule has 1 heterocycles. The Bertz CT molecular complexity index is 1470. The van der Waals surface area contributed by atoms with E-state index in [2.05, 4.69) is 37.4 Å². The van der Waals surface area contributed by atoms with E-state index >= 15 is 0 Å².